The number of carbonyl (C=O) groups excluding carboxylic acids is 2. The van der Waals surface area contributed by atoms with Crippen LogP contribution in [0.4, 0.5) is 26.8 Å². The van der Waals surface area contributed by atoms with Gasteiger partial charge < -0.3 is 19.9 Å². The first-order valence-electron chi connectivity index (χ1n) is 11.3. The third-order valence-electron chi connectivity index (χ3n) is 5.98. The van der Waals surface area contributed by atoms with Crippen LogP contribution in [0.25, 0.3) is 10.9 Å². The van der Waals surface area contributed by atoms with E-state index in [1.165, 1.54) is 12.4 Å². The van der Waals surface area contributed by atoms with Crippen molar-refractivity contribution in [3.63, 3.8) is 0 Å². The minimum absolute atomic E-state index is 0.125. The second kappa shape index (κ2) is 8.44. The van der Waals surface area contributed by atoms with Gasteiger partial charge in [-0.25, -0.2) is 14.6 Å². The molecule has 2 aromatic heterocycles. The Morgan fingerprint density at radius 2 is 1.88 bits per heavy atom. The van der Waals surface area contributed by atoms with E-state index in [9.17, 15) is 9.59 Å². The van der Waals surface area contributed by atoms with Crippen LogP contribution in [0.3, 0.4) is 0 Å². The molecule has 10 nitrogen and oxygen atoms in total. The number of nitrogens with one attached hydrogen (secondary N) is 2. The van der Waals surface area contributed by atoms with Gasteiger partial charge in [0.25, 0.3) is 0 Å². The number of fused-ring (bicyclic) bond motifs is 3. The van der Waals surface area contributed by atoms with Gasteiger partial charge in [0, 0.05) is 48.8 Å². The molecule has 2 bridgehead atoms. The number of anilines is 3. The molecule has 34 heavy (non-hydrogen) atoms. The van der Waals surface area contributed by atoms with E-state index in [-0.39, 0.29) is 18.2 Å². The van der Waals surface area contributed by atoms with Crippen molar-refractivity contribution in [3.05, 3.63) is 49.1 Å². The lowest BCUT2D eigenvalue weighted by molar-refractivity contribution is 0.0214. The maximum Gasteiger partial charge on any atom is 0.410 e. The lowest BCUT2D eigenvalue weighted by Gasteiger charge is -2.36. The molecule has 0 unspecified atom stereocenters. The number of urea groups is 1. The number of aromatic nitrogens is 3. The summed E-state index contributed by atoms with van der Waals surface area (Å²) >= 11 is 0. The van der Waals surface area contributed by atoms with E-state index in [0.29, 0.717) is 18.1 Å². The summed E-state index contributed by atoms with van der Waals surface area (Å²) in [4.78, 5) is 41.7. The van der Waals surface area contributed by atoms with Crippen molar-refractivity contribution in [1.29, 1.82) is 0 Å². The standard InChI is InChI=1S/C24H27N7O3/c1-24(2,3)34-23(33)31-14-16-10-17(31)13-30(16)15-4-5-19-18(11-15)20(6-7-26-19)28-22(32)29-21-12-25-8-9-27-21/h4-9,11-12,16-17H,10,13-14H2,1-3H3,(H2,26,27,28,29,32)/t16-,17-/m0/s1. The molecule has 2 N–H and O–H groups in total. The van der Waals surface area contributed by atoms with Crippen LogP contribution < -0.4 is 15.5 Å². The highest BCUT2D eigenvalue weighted by molar-refractivity contribution is 6.05. The Labute approximate surface area is 197 Å². The van der Waals surface area contributed by atoms with Crippen LogP contribution in [-0.4, -0.2) is 62.8 Å². The maximum absolute atomic E-state index is 12.6. The van der Waals surface area contributed by atoms with Gasteiger partial charge in [-0.1, -0.05) is 0 Å². The summed E-state index contributed by atoms with van der Waals surface area (Å²) in [7, 11) is 0. The largest absolute Gasteiger partial charge is 0.444 e. The monoisotopic (exact) mass is 461 g/mol. The number of piperazine rings is 1. The molecule has 0 spiro atoms. The van der Waals surface area contributed by atoms with Gasteiger partial charge in [0.05, 0.1) is 23.4 Å². The quantitative estimate of drug-likeness (QED) is 0.609. The number of rotatable bonds is 3. The highest BCUT2D eigenvalue weighted by atomic mass is 16.6. The van der Waals surface area contributed by atoms with Crippen molar-refractivity contribution < 1.29 is 14.3 Å². The summed E-state index contributed by atoms with van der Waals surface area (Å²) in [6.07, 6.45) is 6.86. The van der Waals surface area contributed by atoms with Crippen LogP contribution in [-0.2, 0) is 4.74 Å². The highest BCUT2D eigenvalue weighted by Gasteiger charge is 2.46. The summed E-state index contributed by atoms with van der Waals surface area (Å²) < 4.78 is 5.57. The van der Waals surface area contributed by atoms with Crippen LogP contribution in [0.2, 0.25) is 0 Å². The highest BCUT2D eigenvalue weighted by Crippen LogP contribution is 2.37. The first-order chi connectivity index (χ1) is 16.3. The van der Waals surface area contributed by atoms with Gasteiger partial charge in [0.1, 0.15) is 5.60 Å². The van der Waals surface area contributed by atoms with Gasteiger partial charge in [-0.15, -0.1) is 0 Å². The summed E-state index contributed by atoms with van der Waals surface area (Å²) in [6, 6.07) is 7.74. The molecule has 1 aromatic carbocycles. The van der Waals surface area contributed by atoms with E-state index in [4.69, 9.17) is 4.74 Å². The van der Waals surface area contributed by atoms with E-state index in [2.05, 4.69) is 30.5 Å². The van der Waals surface area contributed by atoms with E-state index in [0.717, 1.165) is 29.6 Å². The molecule has 0 saturated carbocycles. The summed E-state index contributed by atoms with van der Waals surface area (Å²) in [5, 5.41) is 6.39. The molecule has 0 radical (unpaired) electrons. The van der Waals surface area contributed by atoms with E-state index >= 15 is 0 Å². The van der Waals surface area contributed by atoms with Crippen molar-refractivity contribution in [3.8, 4) is 0 Å². The van der Waals surface area contributed by atoms with Gasteiger partial charge in [0.2, 0.25) is 0 Å². The number of hydrogen-bond donors (Lipinski definition) is 2. The SMILES string of the molecule is CC(C)(C)OC(=O)N1C[C@@H]2C[C@H]1CN2c1ccc2nccc(NC(=O)Nc3cnccn3)c2c1. The van der Waals surface area contributed by atoms with Crippen LogP contribution >= 0.6 is 0 Å². The summed E-state index contributed by atoms with van der Waals surface area (Å²) in [5.74, 6) is 0.363. The zero-order valence-corrected chi connectivity index (χ0v) is 19.4. The van der Waals surface area contributed by atoms with E-state index < -0.39 is 11.6 Å². The van der Waals surface area contributed by atoms with E-state index in [1.807, 2.05) is 43.9 Å². The van der Waals surface area contributed by atoms with Gasteiger partial charge in [-0.05, 0) is 51.5 Å². The Hall–Kier alpha value is -3.95. The maximum atomic E-state index is 12.6. The third-order valence-corrected chi connectivity index (χ3v) is 5.98. The molecule has 2 fully saturated rings. The number of likely N-dealkylation sites (tertiary alicyclic amines) is 1. The van der Waals surface area contributed by atoms with Crippen LogP contribution in [0, 0.1) is 0 Å². The number of benzene rings is 1. The smallest absolute Gasteiger partial charge is 0.410 e. The Balaban J connectivity index is 1.32. The minimum atomic E-state index is -0.507. The fourth-order valence-corrected chi connectivity index (χ4v) is 4.58. The van der Waals surface area contributed by atoms with E-state index in [1.54, 1.807) is 18.5 Å². The topological polar surface area (TPSA) is 113 Å². The summed E-state index contributed by atoms with van der Waals surface area (Å²) in [5.41, 5.74) is 1.95. The molecular weight excluding hydrogens is 434 g/mol. The fraction of sp³-hybridized carbons (Fsp3) is 0.375. The van der Waals surface area contributed by atoms with Crippen molar-refractivity contribution in [2.24, 2.45) is 0 Å². The molecule has 3 amide bonds. The Bertz CT molecular complexity index is 1230. The van der Waals surface area contributed by atoms with Crippen molar-refractivity contribution in [1.82, 2.24) is 19.9 Å². The Kier molecular flexibility index (Phi) is 5.43. The number of pyridine rings is 1. The van der Waals surface area contributed by atoms with Crippen molar-refractivity contribution in [2.45, 2.75) is 44.9 Å². The molecule has 5 rings (SSSR count). The van der Waals surface area contributed by atoms with Gasteiger partial charge >= 0.3 is 12.1 Å². The molecule has 2 aliphatic rings. The molecule has 176 valence electrons. The molecular formula is C24H27N7O3. The van der Waals surface area contributed by atoms with Gasteiger partial charge in [-0.3, -0.25) is 15.3 Å². The lowest BCUT2D eigenvalue weighted by Crippen LogP contribution is -2.50. The first kappa shape index (κ1) is 21.9. The van der Waals surface area contributed by atoms with Crippen LogP contribution in [0.5, 0.6) is 0 Å². The normalized spacial score (nSPS) is 19.4. The van der Waals surface area contributed by atoms with Crippen LogP contribution in [0.1, 0.15) is 27.2 Å². The fourth-order valence-electron chi connectivity index (χ4n) is 4.58. The molecule has 2 atom stereocenters. The zero-order valence-electron chi connectivity index (χ0n) is 19.4. The number of hydrogen-bond acceptors (Lipinski definition) is 7. The third kappa shape index (κ3) is 4.43. The van der Waals surface area contributed by atoms with Crippen LogP contribution in [0.15, 0.2) is 49.1 Å². The Morgan fingerprint density at radius 1 is 1.03 bits per heavy atom. The Morgan fingerprint density at radius 3 is 2.59 bits per heavy atom. The number of amides is 3. The molecule has 4 heterocycles. The lowest BCUT2D eigenvalue weighted by atomic mass is 10.1. The average Bonchev–Trinajstić information content (AvgIpc) is 3.40. The van der Waals surface area contributed by atoms with Crippen molar-refractivity contribution >= 4 is 40.2 Å². The predicted octanol–water partition coefficient (Wildman–Crippen LogP) is 3.87. The minimum Gasteiger partial charge on any atom is -0.444 e. The number of nitrogens with zero attached hydrogens (tertiary/aromatic N) is 5. The average molecular weight is 462 g/mol. The first-order valence-corrected chi connectivity index (χ1v) is 11.3. The molecule has 3 aromatic rings. The second-order valence-electron chi connectivity index (χ2n) is 9.56. The van der Waals surface area contributed by atoms with Gasteiger partial charge in [0.15, 0.2) is 5.82 Å². The molecule has 10 heteroatoms. The molecule has 0 aliphatic carbocycles. The zero-order chi connectivity index (χ0) is 23.9. The summed E-state index contributed by atoms with van der Waals surface area (Å²) in [6.45, 7) is 7.03. The van der Waals surface area contributed by atoms with Crippen molar-refractivity contribution in [2.75, 3.05) is 28.6 Å². The molecule has 2 aliphatic heterocycles. The van der Waals surface area contributed by atoms with Gasteiger partial charge in [-0.2, -0.15) is 0 Å². The second-order valence-corrected chi connectivity index (χ2v) is 9.56. The number of ether oxygens (including phenoxy) is 1. The predicted molar refractivity (Wildman–Crippen MR) is 129 cm³/mol. The number of carbonyl (C=O) groups is 2. The molecule has 2 saturated heterocycles.